The lowest BCUT2D eigenvalue weighted by Gasteiger charge is -2.10. The third kappa shape index (κ3) is 12.2. The Bertz CT molecular complexity index is 131. The van der Waals surface area contributed by atoms with Gasteiger partial charge in [0, 0.05) is 0 Å². The molecule has 0 aromatic rings. The van der Waals surface area contributed by atoms with E-state index in [2.05, 4.69) is 0 Å². The standard InChI is InChI=1S/C9H21F3Si2/c1-13(2,10)8-6-4-5-7-9-14(3,11)12/h4-9H2,1-3H3. The predicted octanol–water partition coefficient (Wildman–Crippen LogP) is 4.73. The van der Waals surface area contributed by atoms with E-state index in [4.69, 9.17) is 0 Å². The molecule has 0 aliphatic heterocycles. The summed E-state index contributed by atoms with van der Waals surface area (Å²) in [5, 5.41) is 0. The van der Waals surface area contributed by atoms with Crippen molar-refractivity contribution in [2.75, 3.05) is 0 Å². The zero-order valence-electron chi connectivity index (χ0n) is 9.38. The molecule has 0 saturated heterocycles. The van der Waals surface area contributed by atoms with E-state index in [-0.39, 0.29) is 6.04 Å². The Kier molecular flexibility index (Phi) is 6.04. The summed E-state index contributed by atoms with van der Waals surface area (Å²) in [6.07, 6.45) is 3.22. The van der Waals surface area contributed by atoms with Crippen molar-refractivity contribution in [2.24, 2.45) is 0 Å². The first kappa shape index (κ1) is 14.2. The fourth-order valence-corrected chi connectivity index (χ4v) is 3.30. The van der Waals surface area contributed by atoms with Crippen LogP contribution >= 0.6 is 0 Å². The van der Waals surface area contributed by atoms with Gasteiger partial charge >= 0.3 is 8.74 Å². The topological polar surface area (TPSA) is 0 Å². The monoisotopic (exact) mass is 242 g/mol. The van der Waals surface area contributed by atoms with Crippen molar-refractivity contribution in [3.63, 3.8) is 0 Å². The first-order chi connectivity index (χ1) is 6.21. The van der Waals surface area contributed by atoms with Gasteiger partial charge in [0.25, 0.3) is 0 Å². The quantitative estimate of drug-likeness (QED) is 0.344. The van der Waals surface area contributed by atoms with Gasteiger partial charge in [-0.25, -0.2) is 0 Å². The Labute approximate surface area is 87.4 Å². The van der Waals surface area contributed by atoms with Crippen LogP contribution in [0.1, 0.15) is 25.7 Å². The van der Waals surface area contributed by atoms with E-state index in [9.17, 15) is 12.3 Å². The van der Waals surface area contributed by atoms with E-state index in [0.717, 1.165) is 25.8 Å². The second-order valence-electron chi connectivity index (χ2n) is 4.70. The molecule has 0 nitrogen and oxygen atoms in total. The van der Waals surface area contributed by atoms with Gasteiger partial charge < -0.3 is 4.11 Å². The highest BCUT2D eigenvalue weighted by Gasteiger charge is 2.26. The Morgan fingerprint density at radius 3 is 1.50 bits per heavy atom. The van der Waals surface area contributed by atoms with Gasteiger partial charge in [-0.1, -0.05) is 25.7 Å². The summed E-state index contributed by atoms with van der Waals surface area (Å²) in [6.45, 7) is 4.48. The van der Waals surface area contributed by atoms with Gasteiger partial charge in [0.2, 0.25) is 8.41 Å². The van der Waals surface area contributed by atoms with E-state index < -0.39 is 17.1 Å². The average Bonchev–Trinajstić information content (AvgIpc) is 1.92. The molecule has 86 valence electrons. The van der Waals surface area contributed by atoms with Gasteiger partial charge in [-0.05, 0) is 31.7 Å². The minimum absolute atomic E-state index is 0.101. The smallest absolute Gasteiger partial charge is 0.314 e. The summed E-state index contributed by atoms with van der Waals surface area (Å²) >= 11 is 0. The summed E-state index contributed by atoms with van der Waals surface area (Å²) in [5.41, 5.74) is 0. The third-order valence-corrected chi connectivity index (χ3v) is 4.91. The predicted molar refractivity (Wildman–Crippen MR) is 60.5 cm³/mol. The van der Waals surface area contributed by atoms with E-state index in [1.807, 2.05) is 0 Å². The second kappa shape index (κ2) is 5.95. The van der Waals surface area contributed by atoms with Crippen molar-refractivity contribution < 1.29 is 12.3 Å². The van der Waals surface area contributed by atoms with Crippen molar-refractivity contribution in [3.8, 4) is 0 Å². The lowest BCUT2D eigenvalue weighted by atomic mass is 10.2. The third-order valence-electron chi connectivity index (χ3n) is 2.14. The highest BCUT2D eigenvalue weighted by molar-refractivity contribution is 6.70. The molecule has 0 saturated carbocycles. The maximum atomic E-state index is 13.1. The fraction of sp³-hybridized carbons (Fsp3) is 1.00. The number of halogens is 3. The van der Waals surface area contributed by atoms with Crippen molar-refractivity contribution in [1.29, 1.82) is 0 Å². The van der Waals surface area contributed by atoms with Crippen LogP contribution in [0.4, 0.5) is 12.3 Å². The van der Waals surface area contributed by atoms with Crippen LogP contribution in [0.2, 0.25) is 31.7 Å². The Morgan fingerprint density at radius 2 is 1.14 bits per heavy atom. The average molecular weight is 242 g/mol. The summed E-state index contributed by atoms with van der Waals surface area (Å²) in [5.74, 6) is 0. The lowest BCUT2D eigenvalue weighted by molar-refractivity contribution is 0.582. The van der Waals surface area contributed by atoms with E-state index in [0.29, 0.717) is 12.5 Å². The number of rotatable bonds is 7. The Balaban J connectivity index is 3.23. The molecule has 0 bridgehead atoms. The molecule has 0 radical (unpaired) electrons. The number of unbranched alkanes of at least 4 members (excludes halogenated alkanes) is 3. The molecule has 0 heterocycles. The van der Waals surface area contributed by atoms with Gasteiger partial charge in [-0.15, -0.1) is 0 Å². The first-order valence-electron chi connectivity index (χ1n) is 5.27. The zero-order chi connectivity index (χ0) is 11.2. The van der Waals surface area contributed by atoms with E-state index in [1.54, 1.807) is 13.1 Å². The molecule has 0 aliphatic carbocycles. The van der Waals surface area contributed by atoms with Crippen LogP contribution in [0, 0.1) is 0 Å². The van der Waals surface area contributed by atoms with Crippen LogP contribution in [0.15, 0.2) is 0 Å². The maximum Gasteiger partial charge on any atom is 0.422 e. The maximum absolute atomic E-state index is 13.1. The zero-order valence-corrected chi connectivity index (χ0v) is 11.4. The normalized spacial score (nSPS) is 13.3. The lowest BCUT2D eigenvalue weighted by Crippen LogP contribution is -2.17. The van der Waals surface area contributed by atoms with Crippen LogP contribution in [-0.4, -0.2) is 17.1 Å². The molecule has 0 N–H and O–H groups in total. The van der Waals surface area contributed by atoms with Gasteiger partial charge in [0.15, 0.2) is 0 Å². The van der Waals surface area contributed by atoms with Crippen LogP contribution in [0.3, 0.4) is 0 Å². The minimum Gasteiger partial charge on any atom is -0.314 e. The van der Waals surface area contributed by atoms with E-state index >= 15 is 0 Å². The van der Waals surface area contributed by atoms with Crippen molar-refractivity contribution in [2.45, 2.75) is 57.4 Å². The van der Waals surface area contributed by atoms with Gasteiger partial charge in [-0.2, -0.15) is 0 Å². The van der Waals surface area contributed by atoms with Gasteiger partial charge in [0.05, 0.1) is 0 Å². The highest BCUT2D eigenvalue weighted by atomic mass is 28.4. The van der Waals surface area contributed by atoms with E-state index in [1.165, 1.54) is 0 Å². The van der Waals surface area contributed by atoms with Crippen LogP contribution in [0.5, 0.6) is 0 Å². The molecule has 0 aromatic heterocycles. The molecular formula is C9H21F3Si2. The van der Waals surface area contributed by atoms with Gasteiger partial charge in [0.1, 0.15) is 0 Å². The molecule has 0 unspecified atom stereocenters. The highest BCUT2D eigenvalue weighted by Crippen LogP contribution is 2.20. The Hall–Kier alpha value is 0.224. The van der Waals surface area contributed by atoms with Crippen molar-refractivity contribution in [1.82, 2.24) is 0 Å². The van der Waals surface area contributed by atoms with Crippen LogP contribution in [-0.2, 0) is 0 Å². The first-order valence-corrected chi connectivity index (χ1v) is 10.8. The van der Waals surface area contributed by atoms with Crippen molar-refractivity contribution in [3.05, 3.63) is 0 Å². The SMILES string of the molecule is C[Si](C)(F)CCCCCC[Si](C)(F)F. The van der Waals surface area contributed by atoms with Crippen molar-refractivity contribution >= 4 is 17.1 Å². The molecule has 0 amide bonds. The molecule has 0 atom stereocenters. The molecule has 0 rings (SSSR count). The second-order valence-corrected chi connectivity index (χ2v) is 11.3. The molecule has 14 heavy (non-hydrogen) atoms. The number of hydrogen-bond donors (Lipinski definition) is 0. The largest absolute Gasteiger partial charge is 0.422 e. The minimum atomic E-state index is -3.82. The molecular weight excluding hydrogens is 221 g/mol. The van der Waals surface area contributed by atoms with Crippen LogP contribution in [0.25, 0.3) is 0 Å². The molecule has 5 heteroatoms. The molecule has 0 aliphatic rings. The summed E-state index contributed by atoms with van der Waals surface area (Å²) in [6, 6.07) is 0.774. The molecule has 0 aromatic carbocycles. The Morgan fingerprint density at radius 1 is 0.714 bits per heavy atom. The summed E-state index contributed by atoms with van der Waals surface area (Å²) in [4.78, 5) is 0. The van der Waals surface area contributed by atoms with Gasteiger partial charge in [-0.3, -0.25) is 8.22 Å². The van der Waals surface area contributed by atoms with Crippen LogP contribution < -0.4 is 0 Å². The summed E-state index contributed by atoms with van der Waals surface area (Å²) in [7, 11) is -6.21. The fourth-order valence-electron chi connectivity index (χ4n) is 1.33. The molecule has 0 fully saturated rings. The molecule has 0 spiro atoms. The summed E-state index contributed by atoms with van der Waals surface area (Å²) < 4.78 is 38.1. The number of hydrogen-bond acceptors (Lipinski definition) is 0.